The molecule has 88 valence electrons. The molecule has 0 aromatic heterocycles. The van der Waals surface area contributed by atoms with Crippen LogP contribution in [-0.2, 0) is 16.5 Å². The fourth-order valence-electron chi connectivity index (χ4n) is 1.42. The molecule has 1 aromatic rings. The third kappa shape index (κ3) is 2.80. The summed E-state index contributed by atoms with van der Waals surface area (Å²) >= 11 is 0. The molecule has 0 saturated carbocycles. The number of benzene rings is 1. The lowest BCUT2D eigenvalue weighted by molar-refractivity contribution is 0.0695. The van der Waals surface area contributed by atoms with Crippen LogP contribution >= 0.6 is 0 Å². The maximum absolute atomic E-state index is 10.9. The van der Waals surface area contributed by atoms with E-state index in [9.17, 15) is 13.2 Å². The molecule has 0 bridgehead atoms. The van der Waals surface area contributed by atoms with Gasteiger partial charge in [0.1, 0.15) is 0 Å². The highest BCUT2D eigenvalue weighted by atomic mass is 32.2. The Morgan fingerprint density at radius 2 is 2.00 bits per heavy atom. The second-order valence-electron chi connectivity index (χ2n) is 3.35. The van der Waals surface area contributed by atoms with Crippen molar-refractivity contribution in [2.24, 2.45) is 0 Å². The lowest BCUT2D eigenvalue weighted by Gasteiger charge is -2.06. The molecule has 2 N–H and O–H groups in total. The van der Waals surface area contributed by atoms with Gasteiger partial charge in [-0.3, -0.25) is 4.55 Å². The quantitative estimate of drug-likeness (QED) is 0.784. The first-order valence-electron chi connectivity index (χ1n) is 4.70. The van der Waals surface area contributed by atoms with E-state index in [1.54, 1.807) is 0 Å². The fraction of sp³-hybridized carbons (Fsp3) is 0.300. The van der Waals surface area contributed by atoms with Crippen LogP contribution < -0.4 is 0 Å². The molecule has 0 amide bonds. The molecule has 0 saturated heterocycles. The van der Waals surface area contributed by atoms with Gasteiger partial charge in [-0.05, 0) is 30.2 Å². The molecule has 0 radical (unpaired) electrons. The van der Waals surface area contributed by atoms with E-state index in [0.717, 1.165) is 6.07 Å². The lowest BCUT2D eigenvalue weighted by atomic mass is 10.0. The van der Waals surface area contributed by atoms with Crippen LogP contribution in [0.4, 0.5) is 0 Å². The Balaban J connectivity index is 3.33. The second-order valence-corrected chi connectivity index (χ2v) is 4.77. The van der Waals surface area contributed by atoms with E-state index in [0.29, 0.717) is 18.4 Å². The number of hydrogen-bond donors (Lipinski definition) is 2. The largest absolute Gasteiger partial charge is 0.478 e. The average molecular weight is 244 g/mol. The predicted octanol–water partition coefficient (Wildman–Crippen LogP) is 1.58. The molecule has 0 aliphatic rings. The monoisotopic (exact) mass is 244 g/mol. The number of aryl methyl sites for hydroxylation is 1. The summed E-state index contributed by atoms with van der Waals surface area (Å²) in [6, 6.07) is 3.47. The molecule has 0 unspecified atom stereocenters. The number of carbonyl (C=O) groups is 1. The van der Waals surface area contributed by atoms with E-state index in [2.05, 4.69) is 0 Å². The zero-order chi connectivity index (χ0) is 12.3. The minimum atomic E-state index is -4.28. The molecule has 0 spiro atoms. The Kier molecular flexibility index (Phi) is 3.66. The summed E-state index contributed by atoms with van der Waals surface area (Å²) in [7, 11) is -4.28. The number of aromatic carboxylic acids is 1. The van der Waals surface area contributed by atoms with E-state index >= 15 is 0 Å². The van der Waals surface area contributed by atoms with E-state index in [-0.39, 0.29) is 10.5 Å². The summed E-state index contributed by atoms with van der Waals surface area (Å²) in [5.74, 6) is -1.11. The molecular weight excluding hydrogens is 232 g/mol. The first-order valence-corrected chi connectivity index (χ1v) is 6.14. The number of hydrogen-bond acceptors (Lipinski definition) is 3. The highest BCUT2D eigenvalue weighted by molar-refractivity contribution is 7.85. The Morgan fingerprint density at radius 1 is 1.38 bits per heavy atom. The maximum Gasteiger partial charge on any atom is 0.335 e. The van der Waals surface area contributed by atoms with Gasteiger partial charge in [-0.1, -0.05) is 13.3 Å². The minimum Gasteiger partial charge on any atom is -0.478 e. The Hall–Kier alpha value is -1.40. The van der Waals surface area contributed by atoms with E-state index in [1.165, 1.54) is 12.1 Å². The lowest BCUT2D eigenvalue weighted by Crippen LogP contribution is -2.06. The fourth-order valence-corrected chi connectivity index (χ4v) is 1.95. The van der Waals surface area contributed by atoms with E-state index < -0.39 is 16.1 Å². The van der Waals surface area contributed by atoms with Crippen LogP contribution in [0.1, 0.15) is 29.3 Å². The summed E-state index contributed by atoms with van der Waals surface area (Å²) in [4.78, 5) is 10.6. The maximum atomic E-state index is 10.9. The van der Waals surface area contributed by atoms with Crippen LogP contribution in [0, 0.1) is 0 Å². The number of rotatable bonds is 4. The summed E-state index contributed by atoms with van der Waals surface area (Å²) < 4.78 is 30.6. The second kappa shape index (κ2) is 4.63. The minimum absolute atomic E-state index is 0.0641. The molecule has 6 heteroatoms. The van der Waals surface area contributed by atoms with Crippen molar-refractivity contribution < 1.29 is 22.9 Å². The molecule has 1 aromatic carbocycles. The molecule has 0 aliphatic heterocycles. The van der Waals surface area contributed by atoms with E-state index in [4.69, 9.17) is 9.66 Å². The van der Waals surface area contributed by atoms with Gasteiger partial charge in [0.15, 0.2) is 0 Å². The van der Waals surface area contributed by atoms with Gasteiger partial charge in [0.05, 0.1) is 10.5 Å². The van der Waals surface area contributed by atoms with Gasteiger partial charge in [0, 0.05) is 0 Å². The molecule has 0 atom stereocenters. The third-order valence-corrected chi connectivity index (χ3v) is 2.97. The van der Waals surface area contributed by atoms with Crippen molar-refractivity contribution in [1.82, 2.24) is 0 Å². The summed E-state index contributed by atoms with van der Waals surface area (Å²) in [5.41, 5.74) is 0.472. The van der Waals surface area contributed by atoms with Gasteiger partial charge in [-0.2, -0.15) is 8.42 Å². The molecule has 0 fully saturated rings. The van der Waals surface area contributed by atoms with Crippen molar-refractivity contribution in [3.8, 4) is 0 Å². The van der Waals surface area contributed by atoms with Crippen LogP contribution in [0.3, 0.4) is 0 Å². The Labute approximate surface area is 93.5 Å². The van der Waals surface area contributed by atoms with Gasteiger partial charge in [-0.15, -0.1) is 0 Å². The summed E-state index contributed by atoms with van der Waals surface area (Å²) in [5, 5.41) is 8.87. The standard InChI is InChI=1S/C10H12O5S/c1-2-3-7-6-8(16(13,14)15)4-5-9(7)10(11)12/h4-6H,2-3H2,1H3,(H,11,12)(H,13,14,15). The van der Waals surface area contributed by atoms with Gasteiger partial charge in [0.25, 0.3) is 10.1 Å². The zero-order valence-electron chi connectivity index (χ0n) is 8.67. The van der Waals surface area contributed by atoms with Crippen molar-refractivity contribution in [1.29, 1.82) is 0 Å². The van der Waals surface area contributed by atoms with Crippen LogP contribution in [0.2, 0.25) is 0 Å². The van der Waals surface area contributed by atoms with Crippen LogP contribution in [-0.4, -0.2) is 24.0 Å². The first-order chi connectivity index (χ1) is 7.36. The molecule has 1 rings (SSSR count). The first kappa shape index (κ1) is 12.7. The van der Waals surface area contributed by atoms with Gasteiger partial charge in [0.2, 0.25) is 0 Å². The average Bonchev–Trinajstić information content (AvgIpc) is 2.16. The molecule has 0 heterocycles. The normalized spacial score (nSPS) is 11.4. The summed E-state index contributed by atoms with van der Waals surface area (Å²) in [6.45, 7) is 1.85. The topological polar surface area (TPSA) is 91.7 Å². The van der Waals surface area contributed by atoms with Crippen molar-refractivity contribution in [3.05, 3.63) is 29.3 Å². The van der Waals surface area contributed by atoms with Crippen molar-refractivity contribution in [2.75, 3.05) is 0 Å². The van der Waals surface area contributed by atoms with Gasteiger partial charge in [-0.25, -0.2) is 4.79 Å². The highest BCUT2D eigenvalue weighted by Gasteiger charge is 2.15. The van der Waals surface area contributed by atoms with Gasteiger partial charge < -0.3 is 5.11 Å². The summed E-state index contributed by atoms with van der Waals surface area (Å²) in [6.07, 6.45) is 1.14. The Bertz CT molecular complexity index is 504. The predicted molar refractivity (Wildman–Crippen MR) is 57.2 cm³/mol. The van der Waals surface area contributed by atoms with Crippen molar-refractivity contribution in [3.63, 3.8) is 0 Å². The third-order valence-electron chi connectivity index (χ3n) is 2.12. The highest BCUT2D eigenvalue weighted by Crippen LogP contribution is 2.17. The number of carboxylic acids is 1. The molecule has 0 aliphatic carbocycles. The van der Waals surface area contributed by atoms with Crippen molar-refractivity contribution in [2.45, 2.75) is 24.7 Å². The van der Waals surface area contributed by atoms with Gasteiger partial charge >= 0.3 is 5.97 Å². The zero-order valence-corrected chi connectivity index (χ0v) is 9.49. The van der Waals surface area contributed by atoms with Crippen molar-refractivity contribution >= 4 is 16.1 Å². The van der Waals surface area contributed by atoms with Crippen LogP contribution in [0.15, 0.2) is 23.1 Å². The van der Waals surface area contributed by atoms with Crippen LogP contribution in [0.25, 0.3) is 0 Å². The van der Waals surface area contributed by atoms with E-state index in [1.807, 2.05) is 6.92 Å². The molecule has 16 heavy (non-hydrogen) atoms. The number of carboxylic acid groups (broad SMARTS) is 1. The molecular formula is C10H12O5S. The van der Waals surface area contributed by atoms with Crippen LogP contribution in [0.5, 0.6) is 0 Å². The Morgan fingerprint density at radius 3 is 2.44 bits per heavy atom. The molecule has 5 nitrogen and oxygen atoms in total. The SMILES string of the molecule is CCCc1cc(S(=O)(=O)O)ccc1C(=O)O. The smallest absolute Gasteiger partial charge is 0.335 e.